The summed E-state index contributed by atoms with van der Waals surface area (Å²) in [4.78, 5) is 6.76. The molecule has 0 radical (unpaired) electrons. The van der Waals surface area contributed by atoms with E-state index in [1.54, 1.807) is 0 Å². The first-order valence-electron chi connectivity index (χ1n) is 6.15. The van der Waals surface area contributed by atoms with Crippen molar-refractivity contribution in [2.45, 2.75) is 31.9 Å². The molecule has 1 saturated heterocycles. The minimum Gasteiger partial charge on any atom is -0.355 e. The number of halogens is 1. The predicted octanol–water partition coefficient (Wildman–Crippen LogP) is 2.66. The molecule has 2 atom stereocenters. The molecule has 0 saturated carbocycles. The van der Waals surface area contributed by atoms with Crippen molar-refractivity contribution in [1.29, 1.82) is 0 Å². The van der Waals surface area contributed by atoms with Crippen LogP contribution < -0.4 is 5.32 Å². The van der Waals surface area contributed by atoms with Crippen LogP contribution in [0.5, 0.6) is 0 Å². The zero-order chi connectivity index (χ0) is 12.0. The number of hydrogen-bond donors (Lipinski definition) is 1. The first-order valence-corrected chi connectivity index (χ1v) is 7.44. The summed E-state index contributed by atoms with van der Waals surface area (Å²) in [5.74, 6) is 1.87. The summed E-state index contributed by atoms with van der Waals surface area (Å²) in [5, 5.41) is 4.10. The van der Waals surface area contributed by atoms with Crippen molar-refractivity contribution in [2.24, 2.45) is 10.9 Å². The van der Waals surface area contributed by atoms with Crippen LogP contribution in [0.3, 0.4) is 0 Å². The number of guanidine groups is 1. The minimum absolute atomic E-state index is 0. The van der Waals surface area contributed by atoms with Gasteiger partial charge in [0.25, 0.3) is 0 Å². The average molecular weight is 371 g/mol. The topological polar surface area (TPSA) is 27.6 Å². The molecule has 2 unspecified atom stereocenters. The van der Waals surface area contributed by atoms with Gasteiger partial charge in [-0.1, -0.05) is 13.8 Å². The lowest BCUT2D eigenvalue weighted by atomic mass is 10.0. The molecule has 1 rings (SSSR count). The lowest BCUT2D eigenvalue weighted by Crippen LogP contribution is -2.47. The van der Waals surface area contributed by atoms with E-state index in [-0.39, 0.29) is 24.0 Å². The van der Waals surface area contributed by atoms with E-state index in [2.05, 4.69) is 35.3 Å². The molecule has 0 amide bonds. The van der Waals surface area contributed by atoms with Gasteiger partial charge in [0, 0.05) is 31.9 Å². The summed E-state index contributed by atoms with van der Waals surface area (Å²) in [5.41, 5.74) is 0. The van der Waals surface area contributed by atoms with E-state index >= 15 is 0 Å². The Morgan fingerprint density at radius 3 is 2.82 bits per heavy atom. The maximum atomic E-state index is 4.37. The Kier molecular flexibility index (Phi) is 9.49. The second kappa shape index (κ2) is 9.30. The van der Waals surface area contributed by atoms with Gasteiger partial charge in [0.1, 0.15) is 0 Å². The molecule has 0 spiro atoms. The standard InChI is InChI=1S/C12H25N3S.HI/c1-10-6-5-7-15(9-10)12(13-3)14-8-11(2)16-4;/h10-11H,5-9H2,1-4H3,(H,13,14);1H. The number of nitrogens with zero attached hydrogens (tertiary/aromatic N) is 2. The Hall–Kier alpha value is 0.350. The van der Waals surface area contributed by atoms with Crippen LogP contribution >= 0.6 is 35.7 Å². The average Bonchev–Trinajstić information content (AvgIpc) is 2.29. The molecule has 1 aliphatic heterocycles. The molecule has 1 N–H and O–H groups in total. The first-order chi connectivity index (χ1) is 7.67. The third-order valence-corrected chi connectivity index (χ3v) is 4.09. The van der Waals surface area contributed by atoms with Crippen molar-refractivity contribution in [3.05, 3.63) is 0 Å². The van der Waals surface area contributed by atoms with Crippen molar-refractivity contribution in [1.82, 2.24) is 10.2 Å². The second-order valence-corrected chi connectivity index (χ2v) is 5.94. The third-order valence-electron chi connectivity index (χ3n) is 3.12. The maximum absolute atomic E-state index is 4.37. The molecule has 0 bridgehead atoms. The van der Waals surface area contributed by atoms with E-state index in [1.807, 2.05) is 18.8 Å². The van der Waals surface area contributed by atoms with E-state index in [0.717, 1.165) is 31.5 Å². The van der Waals surface area contributed by atoms with Gasteiger partial charge in [-0.2, -0.15) is 11.8 Å². The summed E-state index contributed by atoms with van der Waals surface area (Å²) in [6.45, 7) is 7.86. The number of hydrogen-bond acceptors (Lipinski definition) is 2. The van der Waals surface area contributed by atoms with Crippen LogP contribution in [-0.2, 0) is 0 Å². The van der Waals surface area contributed by atoms with Crippen LogP contribution in [0.15, 0.2) is 4.99 Å². The third kappa shape index (κ3) is 6.18. The SMILES string of the molecule is CN=C(NCC(C)SC)N1CCCC(C)C1.I. The van der Waals surface area contributed by atoms with Gasteiger partial charge in [0.2, 0.25) is 0 Å². The molecule has 0 aromatic heterocycles. The van der Waals surface area contributed by atoms with E-state index in [4.69, 9.17) is 0 Å². The Balaban J connectivity index is 0.00000256. The van der Waals surface area contributed by atoms with Gasteiger partial charge >= 0.3 is 0 Å². The van der Waals surface area contributed by atoms with Gasteiger partial charge in [0.05, 0.1) is 0 Å². The van der Waals surface area contributed by atoms with Crippen LogP contribution in [0.25, 0.3) is 0 Å². The molecular weight excluding hydrogens is 345 g/mol. The van der Waals surface area contributed by atoms with E-state index in [0.29, 0.717) is 5.25 Å². The lowest BCUT2D eigenvalue weighted by molar-refractivity contribution is 0.266. The Morgan fingerprint density at radius 1 is 1.59 bits per heavy atom. The largest absolute Gasteiger partial charge is 0.355 e. The monoisotopic (exact) mass is 371 g/mol. The number of likely N-dealkylation sites (tertiary alicyclic amines) is 1. The van der Waals surface area contributed by atoms with Gasteiger partial charge in [-0.3, -0.25) is 4.99 Å². The molecule has 0 aliphatic carbocycles. The lowest BCUT2D eigenvalue weighted by Gasteiger charge is -2.33. The smallest absolute Gasteiger partial charge is 0.193 e. The molecule has 0 aromatic rings. The van der Waals surface area contributed by atoms with Gasteiger partial charge in [-0.05, 0) is 25.0 Å². The summed E-state index contributed by atoms with van der Waals surface area (Å²) in [7, 11) is 1.88. The summed E-state index contributed by atoms with van der Waals surface area (Å²) in [6.07, 6.45) is 4.80. The van der Waals surface area contributed by atoms with Gasteiger partial charge < -0.3 is 10.2 Å². The Morgan fingerprint density at radius 2 is 2.29 bits per heavy atom. The zero-order valence-corrected chi connectivity index (χ0v) is 14.5. The summed E-state index contributed by atoms with van der Waals surface area (Å²) >= 11 is 1.89. The van der Waals surface area contributed by atoms with Gasteiger partial charge in [0.15, 0.2) is 5.96 Å². The van der Waals surface area contributed by atoms with Crippen molar-refractivity contribution in [3.63, 3.8) is 0 Å². The Labute approximate surface area is 127 Å². The molecule has 17 heavy (non-hydrogen) atoms. The van der Waals surface area contributed by atoms with Gasteiger partial charge in [-0.15, -0.1) is 24.0 Å². The van der Waals surface area contributed by atoms with Gasteiger partial charge in [-0.25, -0.2) is 0 Å². The molecular formula is C12H26IN3S. The van der Waals surface area contributed by atoms with Crippen LogP contribution in [0.4, 0.5) is 0 Å². The molecule has 1 heterocycles. The first kappa shape index (κ1) is 17.4. The number of aliphatic imine (C=N–C) groups is 1. The fraction of sp³-hybridized carbons (Fsp3) is 0.917. The molecule has 3 nitrogen and oxygen atoms in total. The molecule has 102 valence electrons. The summed E-state index contributed by atoms with van der Waals surface area (Å²) < 4.78 is 0. The predicted molar refractivity (Wildman–Crippen MR) is 89.7 cm³/mol. The quantitative estimate of drug-likeness (QED) is 0.470. The second-order valence-electron chi connectivity index (χ2n) is 4.67. The van der Waals surface area contributed by atoms with Crippen molar-refractivity contribution < 1.29 is 0 Å². The number of thioether (sulfide) groups is 1. The van der Waals surface area contributed by atoms with Crippen LogP contribution in [0.2, 0.25) is 0 Å². The normalized spacial score (nSPS) is 22.9. The molecule has 1 aliphatic rings. The highest BCUT2D eigenvalue weighted by Gasteiger charge is 2.19. The highest BCUT2D eigenvalue weighted by molar-refractivity contribution is 14.0. The van der Waals surface area contributed by atoms with E-state index in [1.165, 1.54) is 12.8 Å². The van der Waals surface area contributed by atoms with Crippen LogP contribution in [-0.4, -0.2) is 49.0 Å². The fourth-order valence-electron chi connectivity index (χ4n) is 2.03. The van der Waals surface area contributed by atoms with E-state index < -0.39 is 0 Å². The zero-order valence-electron chi connectivity index (χ0n) is 11.4. The highest BCUT2D eigenvalue weighted by Crippen LogP contribution is 2.15. The maximum Gasteiger partial charge on any atom is 0.193 e. The molecule has 0 aromatic carbocycles. The van der Waals surface area contributed by atoms with E-state index in [9.17, 15) is 0 Å². The number of rotatable bonds is 3. The minimum atomic E-state index is 0. The number of nitrogens with one attached hydrogen (secondary N) is 1. The van der Waals surface area contributed by atoms with Crippen molar-refractivity contribution >= 4 is 41.7 Å². The molecule has 1 fully saturated rings. The van der Waals surface area contributed by atoms with Crippen LogP contribution in [0.1, 0.15) is 26.7 Å². The summed E-state index contributed by atoms with van der Waals surface area (Å²) in [6, 6.07) is 0. The molecule has 5 heteroatoms. The fourth-order valence-corrected chi connectivity index (χ4v) is 2.28. The van der Waals surface area contributed by atoms with Crippen LogP contribution in [0, 0.1) is 5.92 Å². The highest BCUT2D eigenvalue weighted by atomic mass is 127. The Bertz CT molecular complexity index is 236. The number of piperidine rings is 1. The van der Waals surface area contributed by atoms with Crippen molar-refractivity contribution in [3.8, 4) is 0 Å². The van der Waals surface area contributed by atoms with Crippen molar-refractivity contribution in [2.75, 3.05) is 32.9 Å².